The Hall–Kier alpha value is -0.840. The van der Waals surface area contributed by atoms with Crippen molar-refractivity contribution in [2.45, 2.75) is 19.3 Å². The van der Waals surface area contributed by atoms with E-state index in [-0.39, 0.29) is 10.8 Å². The number of rotatable bonds is 1. The first-order valence-electron chi connectivity index (χ1n) is 4.05. The summed E-state index contributed by atoms with van der Waals surface area (Å²) in [6, 6.07) is 3.03. The quantitative estimate of drug-likeness (QED) is 0.729. The molecule has 1 N–H and O–H groups in total. The zero-order valence-corrected chi connectivity index (χ0v) is 9.45. The van der Waals surface area contributed by atoms with Gasteiger partial charge in [-0.25, -0.2) is 0 Å². The van der Waals surface area contributed by atoms with E-state index in [1.807, 2.05) is 13.8 Å². The average molecular weight is 229 g/mol. The van der Waals surface area contributed by atoms with Gasteiger partial charge in [0.1, 0.15) is 5.75 Å². The number of hydrogen-bond donors (Lipinski definition) is 1. The number of hydrogen-bond acceptors (Lipinski definition) is 1. The van der Waals surface area contributed by atoms with Crippen molar-refractivity contribution in [3.8, 4) is 18.1 Å². The standard InChI is InChI=1S/C11H10Cl2O/c1-4-11(2,3)9-7(12)5-6-8(14)10(9)13/h1,5-6,14H,2-3H3. The number of terminal acetylenes is 1. The summed E-state index contributed by atoms with van der Waals surface area (Å²) in [5.74, 6) is 2.58. The summed E-state index contributed by atoms with van der Waals surface area (Å²) in [6.45, 7) is 3.64. The third kappa shape index (κ3) is 1.82. The topological polar surface area (TPSA) is 20.2 Å². The molecule has 0 fully saturated rings. The summed E-state index contributed by atoms with van der Waals surface area (Å²) in [5, 5.41) is 10.1. The maximum atomic E-state index is 9.42. The van der Waals surface area contributed by atoms with Crippen LogP contribution in [0.15, 0.2) is 12.1 Å². The Kier molecular flexibility index (Phi) is 2.99. The predicted octanol–water partition coefficient (Wildman–Crippen LogP) is 3.61. The van der Waals surface area contributed by atoms with Crippen molar-refractivity contribution < 1.29 is 5.11 Å². The molecule has 0 saturated carbocycles. The Morgan fingerprint density at radius 1 is 1.36 bits per heavy atom. The monoisotopic (exact) mass is 228 g/mol. The number of phenols is 1. The summed E-state index contributed by atoms with van der Waals surface area (Å²) in [4.78, 5) is 0. The zero-order chi connectivity index (χ0) is 10.9. The van der Waals surface area contributed by atoms with Gasteiger partial charge in [-0.1, -0.05) is 29.1 Å². The minimum atomic E-state index is -0.590. The van der Waals surface area contributed by atoms with E-state index in [0.717, 1.165) is 0 Å². The van der Waals surface area contributed by atoms with Crippen LogP contribution in [0.4, 0.5) is 0 Å². The molecule has 0 radical (unpaired) electrons. The summed E-state index contributed by atoms with van der Waals surface area (Å²) in [6.07, 6.45) is 5.38. The van der Waals surface area contributed by atoms with Gasteiger partial charge in [-0.3, -0.25) is 0 Å². The van der Waals surface area contributed by atoms with Gasteiger partial charge in [0.05, 0.1) is 10.4 Å². The molecular weight excluding hydrogens is 219 g/mol. The zero-order valence-electron chi connectivity index (χ0n) is 7.94. The molecule has 0 saturated heterocycles. The Morgan fingerprint density at radius 2 is 1.93 bits per heavy atom. The second-order valence-electron chi connectivity index (χ2n) is 3.52. The highest BCUT2D eigenvalue weighted by molar-refractivity contribution is 6.37. The van der Waals surface area contributed by atoms with Crippen molar-refractivity contribution in [3.05, 3.63) is 27.7 Å². The molecule has 0 bridgehead atoms. The van der Waals surface area contributed by atoms with E-state index in [1.54, 1.807) is 6.07 Å². The minimum Gasteiger partial charge on any atom is -0.506 e. The fourth-order valence-corrected chi connectivity index (χ4v) is 2.03. The van der Waals surface area contributed by atoms with E-state index in [4.69, 9.17) is 29.6 Å². The molecular formula is C11H10Cl2O. The Balaban J connectivity index is 3.49. The SMILES string of the molecule is C#CC(C)(C)c1c(Cl)ccc(O)c1Cl. The third-order valence-corrected chi connectivity index (χ3v) is 2.75. The van der Waals surface area contributed by atoms with Gasteiger partial charge in [0.25, 0.3) is 0 Å². The van der Waals surface area contributed by atoms with Crippen LogP contribution in [0.25, 0.3) is 0 Å². The van der Waals surface area contributed by atoms with Crippen LogP contribution in [0.3, 0.4) is 0 Å². The average Bonchev–Trinajstić information content (AvgIpc) is 2.12. The second-order valence-corrected chi connectivity index (χ2v) is 4.31. The van der Waals surface area contributed by atoms with E-state index in [1.165, 1.54) is 6.07 Å². The fraction of sp³-hybridized carbons (Fsp3) is 0.273. The highest BCUT2D eigenvalue weighted by Crippen LogP contribution is 2.39. The van der Waals surface area contributed by atoms with Crippen molar-refractivity contribution in [2.24, 2.45) is 0 Å². The molecule has 0 unspecified atom stereocenters. The summed E-state index contributed by atoms with van der Waals surface area (Å²) in [5.41, 5.74) is -0.00395. The normalized spacial score (nSPS) is 11.1. The molecule has 0 aliphatic heterocycles. The van der Waals surface area contributed by atoms with Crippen LogP contribution in [0.5, 0.6) is 5.75 Å². The Bertz CT molecular complexity index is 402. The van der Waals surface area contributed by atoms with Crippen LogP contribution in [0, 0.1) is 12.3 Å². The first kappa shape index (κ1) is 11.2. The van der Waals surface area contributed by atoms with Crippen molar-refractivity contribution in [3.63, 3.8) is 0 Å². The van der Waals surface area contributed by atoms with Crippen LogP contribution >= 0.6 is 23.2 Å². The molecule has 0 heterocycles. The molecule has 0 aliphatic carbocycles. The molecule has 0 atom stereocenters. The first-order chi connectivity index (χ1) is 6.40. The van der Waals surface area contributed by atoms with E-state index in [9.17, 15) is 5.11 Å². The molecule has 3 heteroatoms. The van der Waals surface area contributed by atoms with E-state index >= 15 is 0 Å². The van der Waals surface area contributed by atoms with Gasteiger partial charge in [-0.2, -0.15) is 0 Å². The van der Waals surface area contributed by atoms with Crippen LogP contribution in [0.2, 0.25) is 10.0 Å². The molecule has 1 rings (SSSR count). The molecule has 0 aliphatic rings. The summed E-state index contributed by atoms with van der Waals surface area (Å²) < 4.78 is 0. The lowest BCUT2D eigenvalue weighted by atomic mass is 9.85. The lowest BCUT2D eigenvalue weighted by molar-refractivity contribution is 0.473. The summed E-state index contributed by atoms with van der Waals surface area (Å²) in [7, 11) is 0. The van der Waals surface area contributed by atoms with E-state index in [0.29, 0.717) is 10.6 Å². The Morgan fingerprint density at radius 3 is 2.43 bits per heavy atom. The molecule has 14 heavy (non-hydrogen) atoms. The van der Waals surface area contributed by atoms with Gasteiger partial charge in [-0.05, 0) is 26.0 Å². The molecule has 1 aromatic rings. The largest absolute Gasteiger partial charge is 0.506 e. The van der Waals surface area contributed by atoms with Crippen molar-refractivity contribution in [1.29, 1.82) is 0 Å². The maximum Gasteiger partial charge on any atom is 0.134 e. The highest BCUT2D eigenvalue weighted by atomic mass is 35.5. The number of phenolic OH excluding ortho intramolecular Hbond substituents is 1. The third-order valence-electron chi connectivity index (χ3n) is 2.06. The lowest BCUT2D eigenvalue weighted by Gasteiger charge is -2.21. The van der Waals surface area contributed by atoms with Gasteiger partial charge >= 0.3 is 0 Å². The van der Waals surface area contributed by atoms with Gasteiger partial charge in [-0.15, -0.1) is 6.42 Å². The molecule has 74 valence electrons. The smallest absolute Gasteiger partial charge is 0.134 e. The van der Waals surface area contributed by atoms with Gasteiger partial charge in [0, 0.05) is 10.6 Å². The number of benzene rings is 1. The van der Waals surface area contributed by atoms with Gasteiger partial charge in [0.2, 0.25) is 0 Å². The maximum absolute atomic E-state index is 9.42. The fourth-order valence-electron chi connectivity index (χ4n) is 1.19. The highest BCUT2D eigenvalue weighted by Gasteiger charge is 2.25. The number of aromatic hydroxyl groups is 1. The molecule has 0 spiro atoms. The van der Waals surface area contributed by atoms with Crippen molar-refractivity contribution in [2.75, 3.05) is 0 Å². The van der Waals surface area contributed by atoms with E-state index in [2.05, 4.69) is 5.92 Å². The molecule has 0 aromatic heterocycles. The summed E-state index contributed by atoms with van der Waals surface area (Å²) >= 11 is 11.9. The first-order valence-corrected chi connectivity index (χ1v) is 4.81. The predicted molar refractivity (Wildman–Crippen MR) is 60.0 cm³/mol. The number of halogens is 2. The van der Waals surface area contributed by atoms with Crippen molar-refractivity contribution >= 4 is 23.2 Å². The van der Waals surface area contributed by atoms with Gasteiger partial charge < -0.3 is 5.11 Å². The lowest BCUT2D eigenvalue weighted by Crippen LogP contribution is -2.15. The van der Waals surface area contributed by atoms with Gasteiger partial charge in [0.15, 0.2) is 0 Å². The molecule has 1 nitrogen and oxygen atoms in total. The molecule has 1 aromatic carbocycles. The van der Waals surface area contributed by atoms with Crippen LogP contribution in [0.1, 0.15) is 19.4 Å². The second kappa shape index (κ2) is 3.73. The van der Waals surface area contributed by atoms with Crippen LogP contribution < -0.4 is 0 Å². The molecule has 0 amide bonds. The van der Waals surface area contributed by atoms with Crippen LogP contribution in [-0.2, 0) is 5.41 Å². The van der Waals surface area contributed by atoms with E-state index < -0.39 is 5.41 Å². The minimum absolute atomic E-state index is 0.00519. The van der Waals surface area contributed by atoms with Crippen molar-refractivity contribution in [1.82, 2.24) is 0 Å². The Labute approximate surface area is 93.7 Å². The van der Waals surface area contributed by atoms with Crippen LogP contribution in [-0.4, -0.2) is 5.11 Å².